The van der Waals surface area contributed by atoms with Crippen molar-refractivity contribution in [1.29, 1.82) is 0 Å². The first-order valence-electron chi connectivity index (χ1n) is 7.99. The van der Waals surface area contributed by atoms with Crippen LogP contribution in [0.4, 0.5) is 4.79 Å². The van der Waals surface area contributed by atoms with E-state index in [9.17, 15) is 14.4 Å². The molecule has 0 unspecified atom stereocenters. The van der Waals surface area contributed by atoms with E-state index in [1.807, 2.05) is 0 Å². The van der Waals surface area contributed by atoms with E-state index in [4.69, 9.17) is 4.74 Å². The van der Waals surface area contributed by atoms with Crippen molar-refractivity contribution >= 4 is 17.9 Å². The van der Waals surface area contributed by atoms with Crippen molar-refractivity contribution in [3.05, 3.63) is 35.4 Å². The van der Waals surface area contributed by atoms with Gasteiger partial charge in [-0.3, -0.25) is 9.59 Å². The lowest BCUT2D eigenvalue weighted by Crippen LogP contribution is -2.47. The molecule has 1 aromatic rings. The van der Waals surface area contributed by atoms with Crippen LogP contribution in [-0.2, 0) is 9.53 Å². The molecule has 128 valence electrons. The number of fused-ring (bicyclic) bond motifs is 2. The minimum Gasteiger partial charge on any atom is -0.444 e. The van der Waals surface area contributed by atoms with Gasteiger partial charge in [-0.2, -0.15) is 0 Å². The first kappa shape index (κ1) is 16.3. The average Bonchev–Trinajstić information content (AvgIpc) is 2.96. The summed E-state index contributed by atoms with van der Waals surface area (Å²) in [6, 6.07) is 5.92. The Bertz CT molecular complexity index is 695. The molecular weight excluding hydrogens is 310 g/mol. The molecule has 24 heavy (non-hydrogen) atoms. The van der Waals surface area contributed by atoms with Gasteiger partial charge in [0.1, 0.15) is 11.6 Å². The Morgan fingerprint density at radius 1 is 1.17 bits per heavy atom. The zero-order chi connectivity index (χ0) is 17.5. The lowest BCUT2D eigenvalue weighted by molar-refractivity contribution is -0.142. The van der Waals surface area contributed by atoms with Crippen molar-refractivity contribution in [1.82, 2.24) is 15.3 Å². The third-order valence-corrected chi connectivity index (χ3v) is 3.93. The van der Waals surface area contributed by atoms with Crippen molar-refractivity contribution in [2.24, 2.45) is 0 Å². The molecule has 1 aromatic carbocycles. The maximum absolute atomic E-state index is 12.9. The number of alkyl carbamates (subject to hydrolysis) is 1. The third-order valence-electron chi connectivity index (χ3n) is 3.93. The molecular formula is C17H21N3O4. The second-order valence-electron chi connectivity index (χ2n) is 6.91. The van der Waals surface area contributed by atoms with E-state index < -0.39 is 17.7 Å². The normalized spacial score (nSPS) is 20.4. The van der Waals surface area contributed by atoms with Gasteiger partial charge in [0.25, 0.3) is 11.8 Å². The molecule has 7 nitrogen and oxygen atoms in total. The molecule has 1 N–H and O–H groups in total. The molecule has 0 radical (unpaired) electrons. The van der Waals surface area contributed by atoms with Gasteiger partial charge in [0.2, 0.25) is 0 Å². The van der Waals surface area contributed by atoms with E-state index in [0.717, 1.165) is 6.42 Å². The Hall–Kier alpha value is -2.57. The number of ether oxygens (including phenoxy) is 1. The number of rotatable bonds is 1. The van der Waals surface area contributed by atoms with Crippen LogP contribution < -0.4 is 5.32 Å². The Morgan fingerprint density at radius 2 is 1.83 bits per heavy atom. The minimum absolute atomic E-state index is 0.218. The van der Waals surface area contributed by atoms with Crippen LogP contribution in [0.5, 0.6) is 0 Å². The summed E-state index contributed by atoms with van der Waals surface area (Å²) in [4.78, 5) is 37.8. The first-order valence-corrected chi connectivity index (χ1v) is 7.99. The van der Waals surface area contributed by atoms with Crippen molar-refractivity contribution in [3.8, 4) is 0 Å². The molecule has 3 amide bonds. The van der Waals surface area contributed by atoms with Crippen LogP contribution in [0.2, 0.25) is 0 Å². The lowest BCUT2D eigenvalue weighted by Gasteiger charge is -2.28. The molecule has 0 aliphatic carbocycles. The SMILES string of the molecule is CC(C)(C)OC(=O)N[C@@H]1C(=O)N2CCCN2C(=O)c2ccccc21. The number of amides is 3. The number of nitrogens with one attached hydrogen (secondary N) is 1. The predicted molar refractivity (Wildman–Crippen MR) is 85.9 cm³/mol. The van der Waals surface area contributed by atoms with Crippen LogP contribution >= 0.6 is 0 Å². The number of benzene rings is 1. The highest BCUT2D eigenvalue weighted by Gasteiger charge is 2.42. The van der Waals surface area contributed by atoms with E-state index in [2.05, 4.69) is 5.32 Å². The van der Waals surface area contributed by atoms with E-state index in [0.29, 0.717) is 24.2 Å². The summed E-state index contributed by atoms with van der Waals surface area (Å²) in [5, 5.41) is 5.50. The molecule has 7 heteroatoms. The summed E-state index contributed by atoms with van der Waals surface area (Å²) in [5.74, 6) is -0.540. The second kappa shape index (κ2) is 5.81. The predicted octanol–water partition coefficient (Wildman–Crippen LogP) is 1.86. The van der Waals surface area contributed by atoms with E-state index in [-0.39, 0.29) is 11.8 Å². The zero-order valence-electron chi connectivity index (χ0n) is 14.0. The van der Waals surface area contributed by atoms with Gasteiger partial charge in [0, 0.05) is 18.7 Å². The maximum atomic E-state index is 12.9. The number of hydrogen-bond acceptors (Lipinski definition) is 4. The summed E-state index contributed by atoms with van der Waals surface area (Å²) in [6.07, 6.45) is 0.0365. The monoisotopic (exact) mass is 331 g/mol. The van der Waals surface area contributed by atoms with Gasteiger partial charge >= 0.3 is 6.09 Å². The summed E-state index contributed by atoms with van der Waals surface area (Å²) < 4.78 is 5.26. The van der Waals surface area contributed by atoms with Crippen LogP contribution in [-0.4, -0.2) is 46.6 Å². The average molecular weight is 331 g/mol. The van der Waals surface area contributed by atoms with Crippen molar-refractivity contribution in [3.63, 3.8) is 0 Å². The van der Waals surface area contributed by atoms with Gasteiger partial charge in [0.05, 0.1) is 0 Å². The fraction of sp³-hybridized carbons (Fsp3) is 0.471. The fourth-order valence-electron chi connectivity index (χ4n) is 2.98. The van der Waals surface area contributed by atoms with E-state index >= 15 is 0 Å². The number of nitrogens with zero attached hydrogens (tertiary/aromatic N) is 2. The molecule has 0 aromatic heterocycles. The summed E-state index contributed by atoms with van der Waals surface area (Å²) in [5.41, 5.74) is 0.247. The van der Waals surface area contributed by atoms with Crippen molar-refractivity contribution < 1.29 is 19.1 Å². The molecule has 3 rings (SSSR count). The Kier molecular flexibility index (Phi) is 3.95. The highest BCUT2D eigenvalue weighted by Crippen LogP contribution is 2.29. The van der Waals surface area contributed by atoms with Gasteiger partial charge in [-0.05, 0) is 38.8 Å². The van der Waals surface area contributed by atoms with Crippen LogP contribution in [0.15, 0.2) is 24.3 Å². The van der Waals surface area contributed by atoms with Gasteiger partial charge in [0.15, 0.2) is 0 Å². The summed E-state index contributed by atoms with van der Waals surface area (Å²) in [6.45, 7) is 6.21. The fourth-order valence-corrected chi connectivity index (χ4v) is 2.98. The maximum Gasteiger partial charge on any atom is 0.408 e. The van der Waals surface area contributed by atoms with Crippen molar-refractivity contribution in [2.75, 3.05) is 13.1 Å². The molecule has 1 atom stereocenters. The summed E-state index contributed by atoms with van der Waals surface area (Å²) >= 11 is 0. The highest BCUT2D eigenvalue weighted by molar-refractivity contribution is 6.02. The second-order valence-corrected chi connectivity index (χ2v) is 6.91. The topological polar surface area (TPSA) is 79.0 Å². The Morgan fingerprint density at radius 3 is 2.54 bits per heavy atom. The Balaban J connectivity index is 1.97. The van der Waals surface area contributed by atoms with E-state index in [1.54, 1.807) is 45.0 Å². The molecule has 1 fully saturated rings. The van der Waals surface area contributed by atoms with Crippen LogP contribution in [0.25, 0.3) is 0 Å². The number of hydrazine groups is 1. The zero-order valence-corrected chi connectivity index (χ0v) is 14.0. The minimum atomic E-state index is -0.942. The molecule has 0 bridgehead atoms. The van der Waals surface area contributed by atoms with E-state index in [1.165, 1.54) is 10.0 Å². The summed E-state index contributed by atoms with van der Waals surface area (Å²) in [7, 11) is 0. The molecule has 0 saturated carbocycles. The molecule has 2 heterocycles. The number of carbonyl (C=O) groups is 3. The largest absolute Gasteiger partial charge is 0.444 e. The number of hydrogen-bond donors (Lipinski definition) is 1. The van der Waals surface area contributed by atoms with Crippen LogP contribution in [0.1, 0.15) is 49.2 Å². The van der Waals surface area contributed by atoms with Crippen LogP contribution in [0, 0.1) is 0 Å². The van der Waals surface area contributed by atoms with Gasteiger partial charge < -0.3 is 10.1 Å². The molecule has 2 aliphatic rings. The molecule has 2 aliphatic heterocycles. The van der Waals surface area contributed by atoms with Crippen molar-refractivity contribution in [2.45, 2.75) is 38.8 Å². The van der Waals surface area contributed by atoms with Gasteiger partial charge in [-0.1, -0.05) is 18.2 Å². The smallest absolute Gasteiger partial charge is 0.408 e. The standard InChI is InChI=1S/C17H21N3O4/c1-17(2,3)24-16(23)18-13-11-7-4-5-8-12(11)14(21)19-9-6-10-20(19)15(13)22/h4-5,7-8,13H,6,9-10H2,1-3H3,(H,18,23)/t13-/m0/s1. The van der Waals surface area contributed by atoms with Gasteiger partial charge in [-0.25, -0.2) is 14.8 Å². The molecule has 0 spiro atoms. The molecule has 1 saturated heterocycles. The first-order chi connectivity index (χ1) is 11.3. The highest BCUT2D eigenvalue weighted by atomic mass is 16.6. The lowest BCUT2D eigenvalue weighted by atomic mass is 9.99. The van der Waals surface area contributed by atoms with Gasteiger partial charge in [-0.15, -0.1) is 0 Å². The van der Waals surface area contributed by atoms with Crippen LogP contribution in [0.3, 0.4) is 0 Å². The quantitative estimate of drug-likeness (QED) is 0.852. The third kappa shape index (κ3) is 2.93. The number of carbonyl (C=O) groups excluding carboxylic acids is 3. The Labute approximate surface area is 140 Å².